The van der Waals surface area contributed by atoms with E-state index in [-0.39, 0.29) is 5.56 Å². The van der Waals surface area contributed by atoms with Gasteiger partial charge in [0.2, 0.25) is 5.71 Å². The maximum absolute atomic E-state index is 11.6. The van der Waals surface area contributed by atoms with Gasteiger partial charge < -0.3 is 4.52 Å². The van der Waals surface area contributed by atoms with Gasteiger partial charge in [-0.2, -0.15) is 0 Å². The van der Waals surface area contributed by atoms with Crippen LogP contribution in [0.2, 0.25) is 0 Å². The summed E-state index contributed by atoms with van der Waals surface area (Å²) in [4.78, 5) is 14.4. The number of aromatic nitrogens is 3. The summed E-state index contributed by atoms with van der Waals surface area (Å²) in [6.45, 7) is 1.71. The van der Waals surface area contributed by atoms with Gasteiger partial charge in [-0.1, -0.05) is 5.16 Å². The molecule has 2 heterocycles. The van der Waals surface area contributed by atoms with Crippen LogP contribution in [0, 0.1) is 11.7 Å². The van der Waals surface area contributed by atoms with Gasteiger partial charge in [0, 0.05) is 7.05 Å². The monoisotopic (exact) mass is 197 g/mol. The number of hydrogen-bond donors (Lipinski definition) is 1. The Labute approximate surface area is 78.0 Å². The van der Waals surface area contributed by atoms with E-state index in [1.165, 1.54) is 4.57 Å². The zero-order valence-electron chi connectivity index (χ0n) is 7.12. The minimum absolute atomic E-state index is 0.183. The number of H-pyrrole nitrogens is 1. The second kappa shape index (κ2) is 2.53. The normalized spacial score (nSPS) is 10.9. The Bertz CT molecular complexity index is 577. The Kier molecular flexibility index (Phi) is 1.59. The molecule has 0 aliphatic heterocycles. The molecule has 5 nitrogen and oxygen atoms in total. The Balaban J connectivity index is 3.16. The van der Waals surface area contributed by atoms with Crippen LogP contribution in [0.5, 0.6) is 0 Å². The van der Waals surface area contributed by atoms with Crippen LogP contribution >= 0.6 is 12.2 Å². The molecule has 2 aromatic heterocycles. The molecule has 1 N–H and O–H groups in total. The average molecular weight is 197 g/mol. The van der Waals surface area contributed by atoms with E-state index in [4.69, 9.17) is 16.7 Å². The van der Waals surface area contributed by atoms with Crippen molar-refractivity contribution in [3.8, 4) is 0 Å². The zero-order chi connectivity index (χ0) is 9.59. The van der Waals surface area contributed by atoms with Crippen LogP contribution in [0.4, 0.5) is 0 Å². The van der Waals surface area contributed by atoms with Gasteiger partial charge in [-0.15, -0.1) is 0 Å². The van der Waals surface area contributed by atoms with E-state index in [1.807, 2.05) is 0 Å². The molecule has 0 spiro atoms. The van der Waals surface area contributed by atoms with Crippen LogP contribution in [-0.2, 0) is 7.05 Å². The van der Waals surface area contributed by atoms with Crippen LogP contribution < -0.4 is 5.56 Å². The quantitative estimate of drug-likeness (QED) is 0.637. The molecule has 0 radical (unpaired) electrons. The molecule has 6 heteroatoms. The fraction of sp³-hybridized carbons (Fsp3) is 0.286. The lowest BCUT2D eigenvalue weighted by Crippen LogP contribution is -2.18. The molecule has 2 aromatic rings. The number of hydrogen-bond acceptors (Lipinski definition) is 4. The molecule has 0 aromatic carbocycles. The largest absolute Gasteiger partial charge is 0.337 e. The second-order valence-corrected chi connectivity index (χ2v) is 3.15. The summed E-state index contributed by atoms with van der Waals surface area (Å²) in [7, 11) is 1.60. The van der Waals surface area contributed by atoms with E-state index in [0.717, 1.165) is 0 Å². The van der Waals surface area contributed by atoms with Crippen molar-refractivity contribution in [3.05, 3.63) is 20.8 Å². The van der Waals surface area contributed by atoms with E-state index in [1.54, 1.807) is 14.0 Å². The van der Waals surface area contributed by atoms with E-state index < -0.39 is 0 Å². The zero-order valence-corrected chi connectivity index (χ0v) is 7.94. The van der Waals surface area contributed by atoms with Gasteiger partial charge in [-0.3, -0.25) is 14.3 Å². The minimum Gasteiger partial charge on any atom is -0.337 e. The van der Waals surface area contributed by atoms with Crippen molar-refractivity contribution in [2.24, 2.45) is 7.05 Å². The molecule has 0 bridgehead atoms. The highest BCUT2D eigenvalue weighted by Gasteiger charge is 2.10. The number of aromatic amines is 1. The van der Waals surface area contributed by atoms with Gasteiger partial charge in [0.1, 0.15) is 5.39 Å². The first-order valence-corrected chi connectivity index (χ1v) is 4.07. The molecule has 0 fully saturated rings. The second-order valence-electron chi connectivity index (χ2n) is 2.77. The molecular weight excluding hydrogens is 190 g/mol. The standard InChI is InChI=1S/C7H7N3O2S/c1-3-4-5(12-9-3)8-7(13)10(2)6(4)11/h1-2H3,(H,8,13). The third-order valence-electron chi connectivity index (χ3n) is 1.91. The SMILES string of the molecule is Cc1noc2[nH]c(=S)n(C)c(=O)c12. The van der Waals surface area contributed by atoms with Crippen molar-refractivity contribution >= 4 is 23.3 Å². The topological polar surface area (TPSA) is 63.8 Å². The van der Waals surface area contributed by atoms with Crippen LogP contribution in [0.15, 0.2) is 9.32 Å². The molecular formula is C7H7N3O2S. The third-order valence-corrected chi connectivity index (χ3v) is 2.28. The molecule has 0 saturated carbocycles. The van der Waals surface area contributed by atoms with E-state index in [9.17, 15) is 4.79 Å². The summed E-state index contributed by atoms with van der Waals surface area (Å²) in [5.74, 6) is 0. The lowest BCUT2D eigenvalue weighted by molar-refractivity contribution is 0.441. The third kappa shape index (κ3) is 1.02. The first-order valence-electron chi connectivity index (χ1n) is 3.66. The molecule has 0 atom stereocenters. The van der Waals surface area contributed by atoms with Crippen molar-refractivity contribution in [1.29, 1.82) is 0 Å². The van der Waals surface area contributed by atoms with Crippen LogP contribution in [0.1, 0.15) is 5.69 Å². The maximum Gasteiger partial charge on any atom is 0.267 e. The van der Waals surface area contributed by atoms with Gasteiger partial charge >= 0.3 is 0 Å². The minimum atomic E-state index is -0.183. The van der Waals surface area contributed by atoms with Crippen molar-refractivity contribution in [1.82, 2.24) is 14.7 Å². The van der Waals surface area contributed by atoms with Crippen molar-refractivity contribution < 1.29 is 4.52 Å². The maximum atomic E-state index is 11.6. The molecule has 0 saturated heterocycles. The number of fused-ring (bicyclic) bond motifs is 1. The summed E-state index contributed by atoms with van der Waals surface area (Å²) < 4.78 is 6.56. The molecule has 2 rings (SSSR count). The predicted molar refractivity (Wildman–Crippen MR) is 49.2 cm³/mol. The number of aryl methyl sites for hydroxylation is 1. The summed E-state index contributed by atoms with van der Waals surface area (Å²) in [6, 6.07) is 0. The Morgan fingerprint density at radius 2 is 2.31 bits per heavy atom. The molecule has 0 aliphatic rings. The summed E-state index contributed by atoms with van der Waals surface area (Å²) in [6.07, 6.45) is 0. The summed E-state index contributed by atoms with van der Waals surface area (Å²) >= 11 is 4.90. The fourth-order valence-corrected chi connectivity index (χ4v) is 1.32. The molecule has 0 aliphatic carbocycles. The van der Waals surface area contributed by atoms with E-state index in [2.05, 4.69) is 10.1 Å². The highest BCUT2D eigenvalue weighted by atomic mass is 32.1. The first kappa shape index (κ1) is 8.18. The number of nitrogens with zero attached hydrogens (tertiary/aromatic N) is 2. The lowest BCUT2D eigenvalue weighted by atomic mass is 10.3. The Morgan fingerprint density at radius 3 is 3.00 bits per heavy atom. The average Bonchev–Trinajstić information content (AvgIpc) is 2.43. The van der Waals surface area contributed by atoms with Gasteiger partial charge in [-0.25, -0.2) is 0 Å². The van der Waals surface area contributed by atoms with E-state index >= 15 is 0 Å². The molecule has 13 heavy (non-hydrogen) atoms. The van der Waals surface area contributed by atoms with Gasteiger partial charge in [0.05, 0.1) is 5.69 Å². The number of nitrogens with one attached hydrogen (secondary N) is 1. The van der Waals surface area contributed by atoms with Gasteiger partial charge in [0.25, 0.3) is 5.56 Å². The predicted octanol–water partition coefficient (Wildman–Crippen LogP) is 0.893. The lowest BCUT2D eigenvalue weighted by Gasteiger charge is -1.95. The highest BCUT2D eigenvalue weighted by Crippen LogP contribution is 2.09. The van der Waals surface area contributed by atoms with E-state index in [0.29, 0.717) is 21.6 Å². The van der Waals surface area contributed by atoms with Crippen LogP contribution in [0.25, 0.3) is 11.1 Å². The molecule has 0 unspecified atom stereocenters. The Hall–Kier alpha value is -1.43. The smallest absolute Gasteiger partial charge is 0.267 e. The highest BCUT2D eigenvalue weighted by molar-refractivity contribution is 7.71. The Morgan fingerprint density at radius 1 is 1.62 bits per heavy atom. The van der Waals surface area contributed by atoms with Gasteiger partial charge in [-0.05, 0) is 19.1 Å². The molecule has 68 valence electrons. The molecule has 0 amide bonds. The van der Waals surface area contributed by atoms with Crippen LogP contribution in [-0.4, -0.2) is 14.7 Å². The fourth-order valence-electron chi connectivity index (χ4n) is 1.15. The van der Waals surface area contributed by atoms with Crippen molar-refractivity contribution in [2.75, 3.05) is 0 Å². The van der Waals surface area contributed by atoms with Gasteiger partial charge in [0.15, 0.2) is 4.77 Å². The summed E-state index contributed by atoms with van der Waals surface area (Å²) in [5, 5.41) is 4.13. The van der Waals surface area contributed by atoms with Crippen molar-refractivity contribution in [2.45, 2.75) is 6.92 Å². The van der Waals surface area contributed by atoms with Crippen molar-refractivity contribution in [3.63, 3.8) is 0 Å². The van der Waals surface area contributed by atoms with Crippen LogP contribution in [0.3, 0.4) is 0 Å². The first-order chi connectivity index (χ1) is 6.11. The summed E-state index contributed by atoms with van der Waals surface area (Å²) in [5.41, 5.74) is 0.727. The number of rotatable bonds is 0.